The van der Waals surface area contributed by atoms with Crippen LogP contribution in [0.2, 0.25) is 5.15 Å². The number of anilines is 1. The molecule has 0 aliphatic carbocycles. The smallest absolute Gasteiger partial charge is 0.289 e. The molecule has 0 spiro atoms. The third kappa shape index (κ3) is 4.12. The fourth-order valence-electron chi connectivity index (χ4n) is 1.79. The third-order valence-corrected chi connectivity index (χ3v) is 3.23. The Hall–Kier alpha value is -2.25. The molecule has 1 aromatic carbocycles. The van der Waals surface area contributed by atoms with E-state index >= 15 is 0 Å². The summed E-state index contributed by atoms with van der Waals surface area (Å²) in [6.07, 6.45) is 2.66. The van der Waals surface area contributed by atoms with Gasteiger partial charge < -0.3 is 5.32 Å². The van der Waals surface area contributed by atoms with Crippen LogP contribution in [0.4, 0.5) is 5.69 Å². The van der Waals surface area contributed by atoms with E-state index in [1.807, 2.05) is 32.0 Å². The van der Waals surface area contributed by atoms with Gasteiger partial charge in [0.1, 0.15) is 10.8 Å². The van der Waals surface area contributed by atoms with Gasteiger partial charge in [-0.3, -0.25) is 20.6 Å². The molecule has 0 aliphatic rings. The fraction of sp³-hybridized carbons (Fsp3) is 0.143. The summed E-state index contributed by atoms with van der Waals surface area (Å²) in [7, 11) is 0. The summed E-state index contributed by atoms with van der Waals surface area (Å²) in [6, 6.07) is 5.90. The van der Waals surface area contributed by atoms with E-state index in [2.05, 4.69) is 26.1 Å². The molecule has 2 aromatic rings. The van der Waals surface area contributed by atoms with E-state index in [0.717, 1.165) is 16.8 Å². The highest BCUT2D eigenvalue weighted by Crippen LogP contribution is 2.18. The lowest BCUT2D eigenvalue weighted by atomic mass is 10.1. The van der Waals surface area contributed by atoms with Crippen molar-refractivity contribution in [1.29, 1.82) is 0 Å². The summed E-state index contributed by atoms with van der Waals surface area (Å²) in [5.74, 6) is -0.486. The van der Waals surface area contributed by atoms with Crippen LogP contribution >= 0.6 is 23.8 Å². The Morgan fingerprint density at radius 3 is 2.50 bits per heavy atom. The Morgan fingerprint density at radius 1 is 1.18 bits per heavy atom. The number of nitrogens with one attached hydrogen (secondary N) is 3. The summed E-state index contributed by atoms with van der Waals surface area (Å²) in [5, 5.41) is 3.45. The Labute approximate surface area is 138 Å². The summed E-state index contributed by atoms with van der Waals surface area (Å²) < 4.78 is 0. The SMILES string of the molecule is Cc1cccc(C)c1NC(=S)NNC(=O)c1cncc(Cl)n1. The van der Waals surface area contributed by atoms with Crippen LogP contribution in [0.3, 0.4) is 0 Å². The number of halogens is 1. The number of thiocarbonyl (C=S) groups is 1. The van der Waals surface area contributed by atoms with Crippen LogP contribution < -0.4 is 16.2 Å². The predicted octanol–water partition coefficient (Wildman–Crippen LogP) is 2.38. The number of amides is 1. The lowest BCUT2D eigenvalue weighted by Gasteiger charge is -2.15. The normalized spacial score (nSPS) is 9.95. The standard InChI is InChI=1S/C14H14ClN5OS/c1-8-4-3-5-9(2)12(8)18-14(22)20-19-13(21)10-6-16-7-11(15)17-10/h3-7H,1-2H3,(H,19,21)(H2,18,20,22). The van der Waals surface area contributed by atoms with Crippen molar-refractivity contribution in [2.24, 2.45) is 0 Å². The summed E-state index contributed by atoms with van der Waals surface area (Å²) in [4.78, 5) is 19.5. The number of carbonyl (C=O) groups is 1. The molecule has 1 heterocycles. The molecule has 22 heavy (non-hydrogen) atoms. The third-order valence-electron chi connectivity index (χ3n) is 2.85. The van der Waals surface area contributed by atoms with Crippen LogP contribution in [-0.2, 0) is 0 Å². The van der Waals surface area contributed by atoms with E-state index in [9.17, 15) is 4.79 Å². The Morgan fingerprint density at radius 2 is 1.86 bits per heavy atom. The van der Waals surface area contributed by atoms with E-state index < -0.39 is 5.91 Å². The average Bonchev–Trinajstić information content (AvgIpc) is 2.48. The Kier molecular flexibility index (Phi) is 5.24. The summed E-state index contributed by atoms with van der Waals surface area (Å²) in [5.41, 5.74) is 8.14. The number of para-hydroxylation sites is 1. The van der Waals surface area contributed by atoms with E-state index in [4.69, 9.17) is 23.8 Å². The van der Waals surface area contributed by atoms with Gasteiger partial charge in [0.15, 0.2) is 5.11 Å². The maximum absolute atomic E-state index is 11.9. The summed E-state index contributed by atoms with van der Waals surface area (Å²) >= 11 is 10.8. The molecule has 0 radical (unpaired) electrons. The quantitative estimate of drug-likeness (QED) is 0.577. The zero-order valence-corrected chi connectivity index (χ0v) is 13.5. The molecular formula is C14H14ClN5OS. The molecule has 114 valence electrons. The van der Waals surface area contributed by atoms with Crippen molar-refractivity contribution in [3.05, 3.63) is 52.6 Å². The monoisotopic (exact) mass is 335 g/mol. The van der Waals surface area contributed by atoms with Crippen LogP contribution in [0.5, 0.6) is 0 Å². The highest BCUT2D eigenvalue weighted by atomic mass is 35.5. The highest BCUT2D eigenvalue weighted by molar-refractivity contribution is 7.80. The molecule has 0 saturated heterocycles. The number of benzene rings is 1. The predicted molar refractivity (Wildman–Crippen MR) is 89.8 cm³/mol. The van der Waals surface area contributed by atoms with Gasteiger partial charge in [0.2, 0.25) is 0 Å². The molecule has 1 amide bonds. The minimum Gasteiger partial charge on any atom is -0.331 e. The van der Waals surface area contributed by atoms with Crippen molar-refractivity contribution in [2.75, 3.05) is 5.32 Å². The lowest BCUT2D eigenvalue weighted by molar-refractivity contribution is 0.0938. The van der Waals surface area contributed by atoms with Crippen molar-refractivity contribution in [2.45, 2.75) is 13.8 Å². The second-order valence-electron chi connectivity index (χ2n) is 4.53. The number of hydrogen-bond donors (Lipinski definition) is 3. The number of aryl methyl sites for hydroxylation is 2. The second-order valence-corrected chi connectivity index (χ2v) is 5.32. The molecule has 0 unspecified atom stereocenters. The topological polar surface area (TPSA) is 78.9 Å². The minimum absolute atomic E-state index is 0.0925. The first-order chi connectivity index (χ1) is 10.5. The molecule has 3 N–H and O–H groups in total. The number of carbonyl (C=O) groups excluding carboxylic acids is 1. The first kappa shape index (κ1) is 16.1. The number of aromatic nitrogens is 2. The van der Waals surface area contributed by atoms with Crippen molar-refractivity contribution < 1.29 is 4.79 Å². The molecule has 0 fully saturated rings. The molecule has 0 atom stereocenters. The molecule has 6 nitrogen and oxygen atoms in total. The Balaban J connectivity index is 1.94. The molecule has 2 rings (SSSR count). The molecule has 8 heteroatoms. The first-order valence-corrected chi connectivity index (χ1v) is 7.17. The van der Waals surface area contributed by atoms with Gasteiger partial charge in [-0.15, -0.1) is 0 Å². The Bertz CT molecular complexity index is 702. The first-order valence-electron chi connectivity index (χ1n) is 6.38. The van der Waals surface area contributed by atoms with E-state index in [0.29, 0.717) is 0 Å². The maximum Gasteiger partial charge on any atom is 0.289 e. The zero-order valence-electron chi connectivity index (χ0n) is 12.0. The molecule has 0 aliphatic heterocycles. The average molecular weight is 336 g/mol. The van der Waals surface area contributed by atoms with Gasteiger partial charge in [0.25, 0.3) is 5.91 Å². The van der Waals surface area contributed by atoms with E-state index in [-0.39, 0.29) is 16.0 Å². The summed E-state index contributed by atoms with van der Waals surface area (Å²) in [6.45, 7) is 3.94. The number of rotatable bonds is 2. The van der Waals surface area contributed by atoms with Gasteiger partial charge in [-0.25, -0.2) is 4.98 Å². The van der Waals surface area contributed by atoms with E-state index in [1.54, 1.807) is 0 Å². The van der Waals surface area contributed by atoms with Crippen LogP contribution in [0.1, 0.15) is 21.6 Å². The molecular weight excluding hydrogens is 322 g/mol. The molecule has 0 saturated carbocycles. The van der Waals surface area contributed by atoms with Gasteiger partial charge in [0, 0.05) is 5.69 Å². The van der Waals surface area contributed by atoms with E-state index in [1.165, 1.54) is 12.4 Å². The van der Waals surface area contributed by atoms with Crippen molar-refractivity contribution in [1.82, 2.24) is 20.8 Å². The highest BCUT2D eigenvalue weighted by Gasteiger charge is 2.09. The second kappa shape index (κ2) is 7.15. The van der Waals surface area contributed by atoms with Crippen molar-refractivity contribution in [3.63, 3.8) is 0 Å². The molecule has 1 aromatic heterocycles. The van der Waals surface area contributed by atoms with Gasteiger partial charge in [0.05, 0.1) is 12.4 Å². The lowest BCUT2D eigenvalue weighted by Crippen LogP contribution is -2.44. The molecule has 0 bridgehead atoms. The van der Waals surface area contributed by atoms with Crippen LogP contribution in [0, 0.1) is 13.8 Å². The maximum atomic E-state index is 11.9. The largest absolute Gasteiger partial charge is 0.331 e. The van der Waals surface area contributed by atoms with Gasteiger partial charge >= 0.3 is 0 Å². The minimum atomic E-state index is -0.486. The van der Waals surface area contributed by atoms with Gasteiger partial charge in [-0.2, -0.15) is 0 Å². The van der Waals surface area contributed by atoms with Crippen molar-refractivity contribution in [3.8, 4) is 0 Å². The van der Waals surface area contributed by atoms with Crippen LogP contribution in [0.15, 0.2) is 30.6 Å². The van der Waals surface area contributed by atoms with Crippen molar-refractivity contribution >= 4 is 40.5 Å². The fourth-order valence-corrected chi connectivity index (χ4v) is 2.09. The van der Waals surface area contributed by atoms with Gasteiger partial charge in [-0.1, -0.05) is 29.8 Å². The number of nitrogens with zero attached hydrogens (tertiary/aromatic N) is 2. The zero-order chi connectivity index (χ0) is 16.1. The van der Waals surface area contributed by atoms with Crippen LogP contribution in [-0.4, -0.2) is 21.0 Å². The number of hydrazine groups is 1. The number of hydrogen-bond acceptors (Lipinski definition) is 4. The van der Waals surface area contributed by atoms with Crippen LogP contribution in [0.25, 0.3) is 0 Å². The van der Waals surface area contributed by atoms with Gasteiger partial charge in [-0.05, 0) is 37.2 Å².